The molecule has 0 fully saturated rings. The lowest BCUT2D eigenvalue weighted by atomic mass is 9.99. The molecule has 17 nitrogen and oxygen atoms in total. The summed E-state index contributed by atoms with van der Waals surface area (Å²) in [6, 6.07) is 0. The van der Waals surface area contributed by atoms with Gasteiger partial charge in [-0.2, -0.15) is 0 Å². The van der Waals surface area contributed by atoms with Crippen molar-refractivity contribution < 1.29 is 80.2 Å². The molecule has 94 heavy (non-hydrogen) atoms. The summed E-state index contributed by atoms with van der Waals surface area (Å²) in [5, 5.41) is 10.6. The fourth-order valence-electron chi connectivity index (χ4n) is 11.4. The number of phosphoric acid groups is 2. The highest BCUT2D eigenvalue weighted by molar-refractivity contribution is 7.47. The molecule has 0 aliphatic rings. The molecule has 0 saturated carbocycles. The summed E-state index contributed by atoms with van der Waals surface area (Å²) >= 11 is 0. The zero-order valence-corrected chi connectivity index (χ0v) is 63.2. The predicted molar refractivity (Wildman–Crippen MR) is 381 cm³/mol. The molecule has 0 rings (SSSR count). The van der Waals surface area contributed by atoms with Crippen molar-refractivity contribution in [1.29, 1.82) is 0 Å². The lowest BCUT2D eigenvalue weighted by molar-refractivity contribution is -0.161. The van der Waals surface area contributed by atoms with Gasteiger partial charge in [-0.1, -0.05) is 331 Å². The Morgan fingerprint density at radius 2 is 0.543 bits per heavy atom. The van der Waals surface area contributed by atoms with E-state index < -0.39 is 97.5 Å². The van der Waals surface area contributed by atoms with Gasteiger partial charge in [0.05, 0.1) is 26.4 Å². The van der Waals surface area contributed by atoms with Crippen molar-refractivity contribution in [3.05, 3.63) is 0 Å². The maximum Gasteiger partial charge on any atom is 0.472 e. The Morgan fingerprint density at radius 3 is 0.809 bits per heavy atom. The highest BCUT2D eigenvalue weighted by atomic mass is 31.2. The normalized spacial score (nSPS) is 14.7. The van der Waals surface area contributed by atoms with Crippen LogP contribution >= 0.6 is 15.6 Å². The second-order valence-corrected chi connectivity index (χ2v) is 30.9. The van der Waals surface area contributed by atoms with E-state index in [-0.39, 0.29) is 25.7 Å². The van der Waals surface area contributed by atoms with Crippen LogP contribution in [-0.4, -0.2) is 96.7 Å². The minimum Gasteiger partial charge on any atom is -0.462 e. The Hall–Kier alpha value is -1.94. The Morgan fingerprint density at radius 1 is 0.309 bits per heavy atom. The van der Waals surface area contributed by atoms with Crippen LogP contribution < -0.4 is 0 Å². The monoisotopic (exact) mass is 1380 g/mol. The van der Waals surface area contributed by atoms with Gasteiger partial charge >= 0.3 is 39.5 Å². The van der Waals surface area contributed by atoms with E-state index in [1.165, 1.54) is 186 Å². The van der Waals surface area contributed by atoms with Crippen molar-refractivity contribution in [1.82, 2.24) is 0 Å². The quantitative estimate of drug-likeness (QED) is 0.0222. The number of aliphatic hydroxyl groups excluding tert-OH is 1. The topological polar surface area (TPSA) is 237 Å². The van der Waals surface area contributed by atoms with E-state index in [0.717, 1.165) is 108 Å². The molecular formula is C75H146O17P2. The zero-order valence-electron chi connectivity index (χ0n) is 61.4. The molecule has 0 aromatic carbocycles. The number of rotatable bonds is 73. The first-order chi connectivity index (χ1) is 45.3. The summed E-state index contributed by atoms with van der Waals surface area (Å²) in [6.45, 7) is 11.9. The molecule has 19 heteroatoms. The lowest BCUT2D eigenvalue weighted by Gasteiger charge is -2.21. The smallest absolute Gasteiger partial charge is 0.462 e. The third kappa shape index (κ3) is 66.0. The van der Waals surface area contributed by atoms with Crippen LogP contribution in [0.15, 0.2) is 0 Å². The molecule has 4 unspecified atom stereocenters. The summed E-state index contributed by atoms with van der Waals surface area (Å²) in [4.78, 5) is 72.8. The molecule has 0 aliphatic heterocycles. The maximum atomic E-state index is 13.1. The number of esters is 4. The van der Waals surface area contributed by atoms with Crippen LogP contribution in [0.3, 0.4) is 0 Å². The SMILES string of the molecule is CCCCCCCCCCCCCCCCCCCC(=O)O[C@H](COC(=O)CCCCCCCCCCCCC(C)CC)COP(=O)(O)OC[C@@H](O)COP(=O)(O)OC[C@@H](COC(=O)CCCCCCCCC(C)C)OC(=O)CCCCCCCCCCCCC(C)CC. The van der Waals surface area contributed by atoms with Gasteiger partial charge < -0.3 is 33.8 Å². The second kappa shape index (κ2) is 65.7. The van der Waals surface area contributed by atoms with Crippen molar-refractivity contribution in [3.63, 3.8) is 0 Å². The zero-order chi connectivity index (χ0) is 69.4. The van der Waals surface area contributed by atoms with Crippen molar-refractivity contribution in [2.75, 3.05) is 39.6 Å². The summed E-state index contributed by atoms with van der Waals surface area (Å²) < 4.78 is 68.5. The molecule has 0 radical (unpaired) electrons. The maximum absolute atomic E-state index is 13.1. The number of hydrogen-bond acceptors (Lipinski definition) is 15. The lowest BCUT2D eigenvalue weighted by Crippen LogP contribution is -2.30. The van der Waals surface area contributed by atoms with E-state index in [9.17, 15) is 43.2 Å². The van der Waals surface area contributed by atoms with Crippen LogP contribution in [-0.2, 0) is 65.4 Å². The third-order valence-corrected chi connectivity index (χ3v) is 20.0. The van der Waals surface area contributed by atoms with Crippen molar-refractivity contribution in [2.24, 2.45) is 17.8 Å². The average Bonchev–Trinajstić information content (AvgIpc) is 2.72. The number of ether oxygens (including phenoxy) is 4. The van der Waals surface area contributed by atoms with Gasteiger partial charge in [0.25, 0.3) is 0 Å². The van der Waals surface area contributed by atoms with Crippen LogP contribution in [0.4, 0.5) is 0 Å². The summed E-state index contributed by atoms with van der Waals surface area (Å²) in [6.07, 6.45) is 51.3. The van der Waals surface area contributed by atoms with Gasteiger partial charge in [-0.25, -0.2) is 9.13 Å². The minimum absolute atomic E-state index is 0.105. The van der Waals surface area contributed by atoms with Crippen LogP contribution in [0.2, 0.25) is 0 Å². The summed E-state index contributed by atoms with van der Waals surface area (Å²) in [5.74, 6) is 0.171. The van der Waals surface area contributed by atoms with E-state index in [1.54, 1.807) is 0 Å². The molecule has 7 atom stereocenters. The number of carbonyl (C=O) groups is 4. The molecule has 558 valence electrons. The van der Waals surface area contributed by atoms with Crippen molar-refractivity contribution >= 4 is 39.5 Å². The number of phosphoric ester groups is 2. The van der Waals surface area contributed by atoms with E-state index in [1.807, 2.05) is 0 Å². The van der Waals surface area contributed by atoms with Gasteiger partial charge in [0.1, 0.15) is 19.3 Å². The predicted octanol–water partition coefficient (Wildman–Crippen LogP) is 21.8. The Labute approximate surface area is 575 Å². The first-order valence-electron chi connectivity index (χ1n) is 38.9. The molecule has 0 aromatic heterocycles. The van der Waals surface area contributed by atoms with Crippen LogP contribution in [0, 0.1) is 17.8 Å². The second-order valence-electron chi connectivity index (χ2n) is 28.0. The van der Waals surface area contributed by atoms with E-state index in [0.29, 0.717) is 31.6 Å². The molecule has 0 aliphatic carbocycles. The third-order valence-electron chi connectivity index (χ3n) is 18.1. The van der Waals surface area contributed by atoms with Gasteiger partial charge in [0, 0.05) is 25.7 Å². The molecule has 0 spiro atoms. The van der Waals surface area contributed by atoms with Gasteiger partial charge in [0.2, 0.25) is 0 Å². The fourth-order valence-corrected chi connectivity index (χ4v) is 12.9. The molecule has 0 aromatic rings. The first-order valence-corrected chi connectivity index (χ1v) is 41.9. The molecular weight excluding hydrogens is 1230 g/mol. The average molecular weight is 1380 g/mol. The Balaban J connectivity index is 5.25. The van der Waals surface area contributed by atoms with Gasteiger partial charge in [0.15, 0.2) is 12.2 Å². The standard InChI is InChI=1S/C75H146O17P2/c1-8-11-12-13-14-15-16-17-18-19-20-21-22-30-35-44-51-58-74(79)91-70(62-85-72(77)56-49-42-34-29-25-23-27-32-40-47-54-67(6)9-2)64-89-93(81,82)87-60-69(76)61-88-94(83,84)90-65-71(63-86-73(78)57-50-43-38-37-39-46-53-66(4)5)92-75(80)59-52-45-36-31-26-24-28-33-41-48-55-68(7)10-3/h66-71,76H,8-65H2,1-7H3,(H,81,82)(H,83,84)/t67?,68?,69-,70-,71-/m1/s1. The van der Waals surface area contributed by atoms with Crippen molar-refractivity contribution in [2.45, 2.75) is 401 Å². The van der Waals surface area contributed by atoms with Crippen LogP contribution in [0.25, 0.3) is 0 Å². The van der Waals surface area contributed by atoms with Gasteiger partial charge in [-0.15, -0.1) is 0 Å². The van der Waals surface area contributed by atoms with Crippen molar-refractivity contribution in [3.8, 4) is 0 Å². The number of carbonyl (C=O) groups excluding carboxylic acids is 4. The minimum atomic E-state index is -4.96. The molecule has 0 amide bonds. The van der Waals surface area contributed by atoms with E-state index in [4.69, 9.17) is 37.0 Å². The largest absolute Gasteiger partial charge is 0.472 e. The molecule has 0 bridgehead atoms. The van der Waals surface area contributed by atoms with Crippen LogP contribution in [0.1, 0.15) is 382 Å². The fraction of sp³-hybridized carbons (Fsp3) is 0.947. The highest BCUT2D eigenvalue weighted by Gasteiger charge is 2.30. The summed E-state index contributed by atoms with van der Waals surface area (Å²) in [5.41, 5.74) is 0. The number of aliphatic hydroxyl groups is 1. The van der Waals surface area contributed by atoms with Gasteiger partial charge in [-0.05, 0) is 43.4 Å². The number of unbranched alkanes of at least 4 members (excludes halogenated alkanes) is 39. The van der Waals surface area contributed by atoms with Crippen LogP contribution in [0.5, 0.6) is 0 Å². The first kappa shape index (κ1) is 92.1. The highest BCUT2D eigenvalue weighted by Crippen LogP contribution is 2.45. The Bertz CT molecular complexity index is 1840. The molecule has 0 saturated heterocycles. The number of hydrogen-bond donors (Lipinski definition) is 3. The molecule has 0 heterocycles. The Kier molecular flexibility index (Phi) is 64.3. The van der Waals surface area contributed by atoms with E-state index >= 15 is 0 Å². The van der Waals surface area contributed by atoms with Gasteiger partial charge in [-0.3, -0.25) is 37.3 Å². The molecule has 3 N–H and O–H groups in total. The summed E-state index contributed by atoms with van der Waals surface area (Å²) in [7, 11) is -9.91. The van der Waals surface area contributed by atoms with E-state index in [2.05, 4.69) is 48.5 Å².